The molecule has 0 amide bonds. The molecule has 0 aliphatic heterocycles. The van der Waals surface area contributed by atoms with Gasteiger partial charge in [0.2, 0.25) is 0 Å². The van der Waals surface area contributed by atoms with Crippen molar-refractivity contribution < 1.29 is 0 Å². The number of aromatic nitrogens is 3. The highest BCUT2D eigenvalue weighted by atomic mass is 15.3. The van der Waals surface area contributed by atoms with Gasteiger partial charge in [-0.25, -0.2) is 9.67 Å². The van der Waals surface area contributed by atoms with E-state index in [1.807, 2.05) is 4.68 Å². The van der Waals surface area contributed by atoms with Gasteiger partial charge in [0, 0.05) is 16.5 Å². The van der Waals surface area contributed by atoms with Crippen LogP contribution in [-0.4, -0.2) is 14.8 Å². The maximum atomic E-state index is 4.96. The number of rotatable bonds is 2. The molecule has 0 saturated heterocycles. The van der Waals surface area contributed by atoms with Crippen LogP contribution in [0.25, 0.3) is 16.7 Å². The van der Waals surface area contributed by atoms with E-state index in [1.54, 1.807) is 0 Å². The van der Waals surface area contributed by atoms with Gasteiger partial charge in [-0.1, -0.05) is 46.8 Å². The summed E-state index contributed by atoms with van der Waals surface area (Å²) < 4.78 is 1.99. The summed E-state index contributed by atoms with van der Waals surface area (Å²) in [4.78, 5) is 4.96. The third kappa shape index (κ3) is 2.88. The van der Waals surface area contributed by atoms with E-state index in [0.717, 1.165) is 28.1 Å². The third-order valence-electron chi connectivity index (χ3n) is 4.12. The predicted molar refractivity (Wildman–Crippen MR) is 96.4 cm³/mol. The Kier molecular flexibility index (Phi) is 3.75. The summed E-state index contributed by atoms with van der Waals surface area (Å²) >= 11 is 0. The van der Waals surface area contributed by atoms with E-state index in [4.69, 9.17) is 10.1 Å². The van der Waals surface area contributed by atoms with Crippen LogP contribution in [0.3, 0.4) is 0 Å². The topological polar surface area (TPSA) is 30.7 Å². The first-order valence-corrected chi connectivity index (χ1v) is 8.24. The molecule has 0 saturated carbocycles. The fourth-order valence-electron chi connectivity index (χ4n) is 2.80. The van der Waals surface area contributed by atoms with Crippen molar-refractivity contribution in [2.45, 2.75) is 52.9 Å². The minimum Gasteiger partial charge on any atom is -0.232 e. The van der Waals surface area contributed by atoms with Crippen molar-refractivity contribution >= 4 is 11.0 Å². The van der Waals surface area contributed by atoms with Crippen LogP contribution in [0, 0.1) is 6.92 Å². The van der Waals surface area contributed by atoms with Gasteiger partial charge in [-0.2, -0.15) is 5.10 Å². The first-order valence-electron chi connectivity index (χ1n) is 8.24. The molecule has 3 rings (SSSR count). The van der Waals surface area contributed by atoms with Gasteiger partial charge in [0.05, 0.1) is 11.4 Å². The van der Waals surface area contributed by atoms with Crippen LogP contribution in [0.4, 0.5) is 0 Å². The lowest BCUT2D eigenvalue weighted by Crippen LogP contribution is -2.13. The SMILES string of the molecule is Cc1cccc(-n2nc(C(C)C)c3ccc(C(C)(C)C)nc32)c1. The summed E-state index contributed by atoms with van der Waals surface area (Å²) in [6.45, 7) is 13.0. The Balaban J connectivity index is 2.31. The van der Waals surface area contributed by atoms with Crippen molar-refractivity contribution in [1.29, 1.82) is 0 Å². The molecular weight excluding hydrogens is 282 g/mol. The van der Waals surface area contributed by atoms with Crippen molar-refractivity contribution in [2.24, 2.45) is 0 Å². The van der Waals surface area contributed by atoms with Gasteiger partial charge in [0.25, 0.3) is 0 Å². The van der Waals surface area contributed by atoms with E-state index in [0.29, 0.717) is 5.92 Å². The number of aryl methyl sites for hydroxylation is 1. The Hall–Kier alpha value is -2.16. The smallest absolute Gasteiger partial charge is 0.163 e. The Morgan fingerprint density at radius 2 is 1.78 bits per heavy atom. The summed E-state index contributed by atoms with van der Waals surface area (Å²) in [7, 11) is 0. The molecule has 0 atom stereocenters. The van der Waals surface area contributed by atoms with Crippen LogP contribution < -0.4 is 0 Å². The zero-order chi connectivity index (χ0) is 16.8. The molecule has 0 radical (unpaired) electrons. The van der Waals surface area contributed by atoms with Gasteiger partial charge in [-0.15, -0.1) is 0 Å². The molecule has 3 heteroatoms. The fourth-order valence-corrected chi connectivity index (χ4v) is 2.80. The lowest BCUT2D eigenvalue weighted by Gasteiger charge is -2.17. The lowest BCUT2D eigenvalue weighted by atomic mass is 9.91. The van der Waals surface area contributed by atoms with Crippen LogP contribution in [0.15, 0.2) is 36.4 Å². The molecule has 2 heterocycles. The van der Waals surface area contributed by atoms with E-state index in [2.05, 4.69) is 77.9 Å². The third-order valence-corrected chi connectivity index (χ3v) is 4.12. The Morgan fingerprint density at radius 3 is 2.39 bits per heavy atom. The van der Waals surface area contributed by atoms with Crippen LogP contribution in [-0.2, 0) is 5.41 Å². The van der Waals surface area contributed by atoms with Gasteiger partial charge in [0.15, 0.2) is 5.65 Å². The Morgan fingerprint density at radius 1 is 1.04 bits per heavy atom. The molecule has 3 nitrogen and oxygen atoms in total. The summed E-state index contributed by atoms with van der Waals surface area (Å²) in [6.07, 6.45) is 0. The second-order valence-electron chi connectivity index (χ2n) is 7.61. The molecule has 0 aliphatic rings. The molecule has 23 heavy (non-hydrogen) atoms. The van der Waals surface area contributed by atoms with E-state index >= 15 is 0 Å². The van der Waals surface area contributed by atoms with Crippen molar-refractivity contribution in [2.75, 3.05) is 0 Å². The molecule has 0 bridgehead atoms. The van der Waals surface area contributed by atoms with Crippen LogP contribution in [0.2, 0.25) is 0 Å². The molecule has 0 spiro atoms. The second-order valence-corrected chi connectivity index (χ2v) is 7.61. The standard InChI is InChI=1S/C20H25N3/c1-13(2)18-16-10-11-17(20(4,5)6)21-19(16)23(22-18)15-9-7-8-14(3)12-15/h7-13H,1-6H3. The van der Waals surface area contributed by atoms with Gasteiger partial charge >= 0.3 is 0 Å². The van der Waals surface area contributed by atoms with E-state index in [9.17, 15) is 0 Å². The predicted octanol–water partition coefficient (Wildman–Crippen LogP) is 5.15. The fraction of sp³-hybridized carbons (Fsp3) is 0.400. The lowest BCUT2D eigenvalue weighted by molar-refractivity contribution is 0.570. The van der Waals surface area contributed by atoms with Gasteiger partial charge in [-0.3, -0.25) is 0 Å². The quantitative estimate of drug-likeness (QED) is 0.655. The number of hydrogen-bond donors (Lipinski definition) is 0. The maximum absolute atomic E-state index is 4.96. The minimum absolute atomic E-state index is 0.0217. The molecule has 0 unspecified atom stereocenters. The van der Waals surface area contributed by atoms with E-state index < -0.39 is 0 Å². The largest absolute Gasteiger partial charge is 0.232 e. The summed E-state index contributed by atoms with van der Waals surface area (Å²) in [5.74, 6) is 0.367. The summed E-state index contributed by atoms with van der Waals surface area (Å²) in [6, 6.07) is 12.7. The molecule has 3 aromatic rings. The molecular formula is C20H25N3. The van der Waals surface area contributed by atoms with Gasteiger partial charge in [-0.05, 0) is 42.7 Å². The van der Waals surface area contributed by atoms with E-state index in [1.165, 1.54) is 5.56 Å². The molecule has 0 N–H and O–H groups in total. The van der Waals surface area contributed by atoms with Gasteiger partial charge < -0.3 is 0 Å². The molecule has 120 valence electrons. The summed E-state index contributed by atoms with van der Waals surface area (Å²) in [5.41, 5.74) is 5.47. The number of hydrogen-bond acceptors (Lipinski definition) is 2. The Bertz CT molecular complexity index is 851. The normalized spacial score (nSPS) is 12.3. The van der Waals surface area contributed by atoms with Crippen molar-refractivity contribution in [3.05, 3.63) is 53.3 Å². The van der Waals surface area contributed by atoms with Crippen molar-refractivity contribution in [3.63, 3.8) is 0 Å². The minimum atomic E-state index is 0.0217. The molecule has 2 aromatic heterocycles. The zero-order valence-electron chi connectivity index (χ0n) is 14.9. The first kappa shape index (κ1) is 15.7. The average Bonchev–Trinajstić information content (AvgIpc) is 2.85. The van der Waals surface area contributed by atoms with Crippen LogP contribution >= 0.6 is 0 Å². The van der Waals surface area contributed by atoms with E-state index in [-0.39, 0.29) is 5.41 Å². The highest BCUT2D eigenvalue weighted by Gasteiger charge is 2.20. The maximum Gasteiger partial charge on any atom is 0.163 e. The average molecular weight is 307 g/mol. The highest BCUT2D eigenvalue weighted by molar-refractivity contribution is 5.81. The number of benzene rings is 1. The summed E-state index contributed by atoms with van der Waals surface area (Å²) in [5, 5.41) is 6.03. The Labute approximate surface area is 138 Å². The van der Waals surface area contributed by atoms with Crippen molar-refractivity contribution in [1.82, 2.24) is 14.8 Å². The second kappa shape index (κ2) is 5.48. The zero-order valence-corrected chi connectivity index (χ0v) is 14.9. The number of fused-ring (bicyclic) bond motifs is 1. The first-order chi connectivity index (χ1) is 10.8. The van der Waals surface area contributed by atoms with Gasteiger partial charge in [0.1, 0.15) is 0 Å². The van der Waals surface area contributed by atoms with Crippen LogP contribution in [0.1, 0.15) is 57.5 Å². The van der Waals surface area contributed by atoms with Crippen molar-refractivity contribution in [3.8, 4) is 5.69 Å². The highest BCUT2D eigenvalue weighted by Crippen LogP contribution is 2.29. The number of pyridine rings is 1. The monoisotopic (exact) mass is 307 g/mol. The molecule has 1 aromatic carbocycles. The van der Waals surface area contributed by atoms with Crippen LogP contribution in [0.5, 0.6) is 0 Å². The number of nitrogens with zero attached hydrogens (tertiary/aromatic N) is 3. The molecule has 0 fully saturated rings. The molecule has 0 aliphatic carbocycles.